The predicted molar refractivity (Wildman–Crippen MR) is 75.4 cm³/mol. The molecule has 0 aliphatic rings. The first-order valence-electron chi connectivity index (χ1n) is 4.88. The first-order chi connectivity index (χ1) is 8.22. The Bertz CT molecular complexity index is 506. The molecule has 0 amide bonds. The molecule has 88 valence electrons. The van der Waals surface area contributed by atoms with Gasteiger partial charge < -0.3 is 0 Å². The van der Waals surface area contributed by atoms with E-state index >= 15 is 0 Å². The highest BCUT2D eigenvalue weighted by molar-refractivity contribution is 14.1. The summed E-state index contributed by atoms with van der Waals surface area (Å²) in [5.41, 5.74) is 4.67. The summed E-state index contributed by atoms with van der Waals surface area (Å²) in [7, 11) is 0. The van der Waals surface area contributed by atoms with Gasteiger partial charge in [-0.05, 0) is 46.4 Å². The highest BCUT2D eigenvalue weighted by Gasteiger charge is 2.16. The van der Waals surface area contributed by atoms with E-state index in [-0.39, 0.29) is 6.04 Å². The van der Waals surface area contributed by atoms with Crippen LogP contribution < -0.4 is 11.3 Å². The van der Waals surface area contributed by atoms with Crippen LogP contribution in [0.5, 0.6) is 0 Å². The molecule has 6 heteroatoms. The van der Waals surface area contributed by atoms with E-state index < -0.39 is 0 Å². The number of halogens is 2. The van der Waals surface area contributed by atoms with E-state index in [2.05, 4.69) is 38.0 Å². The topological polar surface area (TPSA) is 63.8 Å². The SMILES string of the molecule is NNC(c1cncnc1)c1cc(Cl)ccc1I. The second-order valence-corrected chi connectivity index (χ2v) is 5.04. The third kappa shape index (κ3) is 2.92. The fourth-order valence-electron chi connectivity index (χ4n) is 1.56. The van der Waals surface area contributed by atoms with Gasteiger partial charge in [-0.1, -0.05) is 11.6 Å². The van der Waals surface area contributed by atoms with Crippen LogP contribution in [0.3, 0.4) is 0 Å². The predicted octanol–water partition coefficient (Wildman–Crippen LogP) is 2.29. The van der Waals surface area contributed by atoms with Crippen LogP contribution in [0.4, 0.5) is 0 Å². The van der Waals surface area contributed by atoms with Crippen LogP contribution >= 0.6 is 34.2 Å². The summed E-state index contributed by atoms with van der Waals surface area (Å²) in [6.07, 6.45) is 4.95. The van der Waals surface area contributed by atoms with Crippen molar-refractivity contribution in [1.82, 2.24) is 15.4 Å². The number of hydrogen-bond donors (Lipinski definition) is 2. The number of nitrogens with two attached hydrogens (primary N) is 1. The van der Waals surface area contributed by atoms with Crippen LogP contribution in [0.1, 0.15) is 17.2 Å². The van der Waals surface area contributed by atoms with Gasteiger partial charge in [0.15, 0.2) is 0 Å². The minimum absolute atomic E-state index is 0.165. The van der Waals surface area contributed by atoms with Gasteiger partial charge in [0.2, 0.25) is 0 Å². The molecule has 4 nitrogen and oxygen atoms in total. The minimum atomic E-state index is -0.165. The molecular formula is C11H10ClIN4. The molecular weight excluding hydrogens is 351 g/mol. The molecule has 0 spiro atoms. The molecule has 0 aliphatic carbocycles. The standard InChI is InChI=1S/C11H10ClIN4/c12-8-1-2-10(13)9(3-8)11(17-14)7-4-15-6-16-5-7/h1-6,11,17H,14H2. The molecule has 1 atom stereocenters. The van der Waals surface area contributed by atoms with Crippen molar-refractivity contribution in [2.45, 2.75) is 6.04 Å². The molecule has 0 aliphatic heterocycles. The quantitative estimate of drug-likeness (QED) is 0.501. The van der Waals surface area contributed by atoms with Gasteiger partial charge in [0.05, 0.1) is 6.04 Å². The normalized spacial score (nSPS) is 12.4. The first-order valence-corrected chi connectivity index (χ1v) is 6.34. The molecule has 0 radical (unpaired) electrons. The maximum absolute atomic E-state index is 6.00. The second-order valence-electron chi connectivity index (χ2n) is 3.44. The maximum atomic E-state index is 6.00. The zero-order valence-corrected chi connectivity index (χ0v) is 11.7. The average Bonchev–Trinajstić information content (AvgIpc) is 2.36. The number of nitrogens with zero attached hydrogens (tertiary/aromatic N) is 2. The van der Waals surface area contributed by atoms with E-state index in [9.17, 15) is 0 Å². The van der Waals surface area contributed by atoms with Crippen LogP contribution in [-0.2, 0) is 0 Å². The van der Waals surface area contributed by atoms with Crippen molar-refractivity contribution in [3.63, 3.8) is 0 Å². The van der Waals surface area contributed by atoms with Crippen molar-refractivity contribution in [1.29, 1.82) is 0 Å². The molecule has 2 rings (SSSR count). The lowest BCUT2D eigenvalue weighted by Gasteiger charge is -2.17. The number of aromatic nitrogens is 2. The summed E-state index contributed by atoms with van der Waals surface area (Å²) in [5.74, 6) is 5.60. The third-order valence-corrected chi connectivity index (χ3v) is 3.57. The molecule has 0 fully saturated rings. The van der Waals surface area contributed by atoms with Gasteiger partial charge in [0.1, 0.15) is 6.33 Å². The van der Waals surface area contributed by atoms with Crippen molar-refractivity contribution in [2.75, 3.05) is 0 Å². The Morgan fingerprint density at radius 1 is 1.29 bits per heavy atom. The lowest BCUT2D eigenvalue weighted by molar-refractivity contribution is 0.629. The molecule has 0 saturated heterocycles. The summed E-state index contributed by atoms with van der Waals surface area (Å²) in [5, 5.41) is 0.678. The molecule has 0 saturated carbocycles. The molecule has 1 aromatic heterocycles. The molecule has 1 aromatic carbocycles. The largest absolute Gasteiger partial charge is 0.271 e. The second kappa shape index (κ2) is 5.72. The van der Waals surface area contributed by atoms with Crippen LogP contribution in [0.2, 0.25) is 5.02 Å². The van der Waals surface area contributed by atoms with Crippen LogP contribution in [0, 0.1) is 3.57 Å². The number of nitrogens with one attached hydrogen (secondary N) is 1. The van der Waals surface area contributed by atoms with Gasteiger partial charge in [-0.15, -0.1) is 0 Å². The number of benzene rings is 1. The fraction of sp³-hybridized carbons (Fsp3) is 0.0909. The van der Waals surface area contributed by atoms with Gasteiger partial charge in [0.25, 0.3) is 0 Å². The Kier molecular flexibility index (Phi) is 4.27. The van der Waals surface area contributed by atoms with Crippen LogP contribution in [-0.4, -0.2) is 9.97 Å². The third-order valence-electron chi connectivity index (χ3n) is 2.35. The Morgan fingerprint density at radius 3 is 2.65 bits per heavy atom. The van der Waals surface area contributed by atoms with E-state index in [0.717, 1.165) is 14.7 Å². The van der Waals surface area contributed by atoms with Gasteiger partial charge in [-0.3, -0.25) is 5.84 Å². The molecule has 3 N–H and O–H groups in total. The highest BCUT2D eigenvalue weighted by atomic mass is 127. The Balaban J connectivity index is 2.46. The van der Waals surface area contributed by atoms with Gasteiger partial charge >= 0.3 is 0 Å². The Hall–Kier alpha value is -0.760. The van der Waals surface area contributed by atoms with Crippen molar-refractivity contribution < 1.29 is 0 Å². The lowest BCUT2D eigenvalue weighted by Crippen LogP contribution is -2.29. The Morgan fingerprint density at radius 2 is 2.00 bits per heavy atom. The van der Waals surface area contributed by atoms with E-state index in [1.807, 2.05) is 18.2 Å². The maximum Gasteiger partial charge on any atom is 0.115 e. The van der Waals surface area contributed by atoms with Crippen molar-refractivity contribution in [3.8, 4) is 0 Å². The number of hydrogen-bond acceptors (Lipinski definition) is 4. The molecule has 1 heterocycles. The summed E-state index contributed by atoms with van der Waals surface area (Å²) < 4.78 is 1.08. The first kappa shape index (κ1) is 12.7. The Labute approximate surface area is 118 Å². The zero-order chi connectivity index (χ0) is 12.3. The van der Waals surface area contributed by atoms with Crippen LogP contribution in [0.25, 0.3) is 0 Å². The summed E-state index contributed by atoms with van der Waals surface area (Å²) >= 11 is 8.25. The van der Waals surface area contributed by atoms with Gasteiger partial charge in [-0.2, -0.15) is 0 Å². The summed E-state index contributed by atoms with van der Waals surface area (Å²) in [4.78, 5) is 7.98. The van der Waals surface area contributed by atoms with Gasteiger partial charge in [-0.25, -0.2) is 15.4 Å². The molecule has 2 aromatic rings. The average molecular weight is 361 g/mol. The minimum Gasteiger partial charge on any atom is -0.271 e. The molecule has 1 unspecified atom stereocenters. The van der Waals surface area contributed by atoms with E-state index in [4.69, 9.17) is 17.4 Å². The fourth-order valence-corrected chi connectivity index (χ4v) is 2.39. The van der Waals surface area contributed by atoms with E-state index in [1.54, 1.807) is 12.4 Å². The zero-order valence-electron chi connectivity index (χ0n) is 8.77. The van der Waals surface area contributed by atoms with Gasteiger partial charge in [0, 0.05) is 26.5 Å². The van der Waals surface area contributed by atoms with E-state index in [1.165, 1.54) is 6.33 Å². The van der Waals surface area contributed by atoms with Crippen LogP contribution in [0.15, 0.2) is 36.9 Å². The van der Waals surface area contributed by atoms with Crippen molar-refractivity contribution in [3.05, 3.63) is 56.6 Å². The van der Waals surface area contributed by atoms with Crippen molar-refractivity contribution >= 4 is 34.2 Å². The summed E-state index contributed by atoms with van der Waals surface area (Å²) in [6.45, 7) is 0. The molecule has 17 heavy (non-hydrogen) atoms. The van der Waals surface area contributed by atoms with E-state index in [0.29, 0.717) is 5.02 Å². The number of hydrazine groups is 1. The lowest BCUT2D eigenvalue weighted by atomic mass is 10.0. The van der Waals surface area contributed by atoms with Crippen molar-refractivity contribution in [2.24, 2.45) is 5.84 Å². The number of rotatable bonds is 3. The highest BCUT2D eigenvalue weighted by Crippen LogP contribution is 2.27. The monoisotopic (exact) mass is 360 g/mol. The molecule has 0 bridgehead atoms. The summed E-state index contributed by atoms with van der Waals surface area (Å²) in [6, 6.07) is 5.52. The smallest absolute Gasteiger partial charge is 0.115 e.